The van der Waals surface area contributed by atoms with Gasteiger partial charge in [-0.25, -0.2) is 4.79 Å². The standard InChI is InChI=1S/C23H25NO2/c1-17(2)21-20(19-14-8-5-9-15-19)24-23(3,22(25)26-21)16-10-13-18-11-6-4-7-12-18/h4-15,17,21H,16H2,1-3H3/b13-10+/t21-,23+/m1/s1. The van der Waals surface area contributed by atoms with Gasteiger partial charge in [0.25, 0.3) is 0 Å². The Labute approximate surface area is 155 Å². The Balaban J connectivity index is 1.91. The van der Waals surface area contributed by atoms with Crippen LogP contribution >= 0.6 is 0 Å². The number of cyclic esters (lactones) is 1. The van der Waals surface area contributed by atoms with Gasteiger partial charge in [0, 0.05) is 6.42 Å². The second kappa shape index (κ2) is 7.69. The van der Waals surface area contributed by atoms with E-state index in [0.29, 0.717) is 6.42 Å². The van der Waals surface area contributed by atoms with Gasteiger partial charge in [-0.1, -0.05) is 86.7 Å². The molecule has 134 valence electrons. The number of esters is 1. The maximum absolute atomic E-state index is 12.7. The van der Waals surface area contributed by atoms with Crippen molar-refractivity contribution in [1.82, 2.24) is 0 Å². The molecule has 0 aromatic heterocycles. The molecule has 0 fully saturated rings. The molecule has 26 heavy (non-hydrogen) atoms. The van der Waals surface area contributed by atoms with E-state index in [4.69, 9.17) is 9.73 Å². The molecule has 1 aliphatic rings. The predicted molar refractivity (Wildman–Crippen MR) is 106 cm³/mol. The summed E-state index contributed by atoms with van der Waals surface area (Å²) in [5.41, 5.74) is 2.07. The van der Waals surface area contributed by atoms with E-state index < -0.39 is 5.54 Å². The Kier molecular flexibility index (Phi) is 5.36. The molecule has 2 aromatic carbocycles. The SMILES string of the molecule is CC(C)[C@H]1OC(=O)[C@](C)(C/C=C/c2ccccc2)N=C1c1ccccc1. The molecule has 3 rings (SSSR count). The number of aliphatic imine (C=N–C) groups is 1. The van der Waals surface area contributed by atoms with Crippen molar-refractivity contribution in [3.63, 3.8) is 0 Å². The fourth-order valence-corrected chi connectivity index (χ4v) is 3.08. The molecule has 1 aliphatic heterocycles. The first-order valence-electron chi connectivity index (χ1n) is 9.07. The highest BCUT2D eigenvalue weighted by atomic mass is 16.5. The number of ether oxygens (including phenoxy) is 1. The Morgan fingerprint density at radius 1 is 1.08 bits per heavy atom. The second-order valence-electron chi connectivity index (χ2n) is 7.22. The van der Waals surface area contributed by atoms with Crippen molar-refractivity contribution < 1.29 is 9.53 Å². The first-order chi connectivity index (χ1) is 12.5. The van der Waals surface area contributed by atoms with Crippen LogP contribution in [0.2, 0.25) is 0 Å². The van der Waals surface area contributed by atoms with Crippen LogP contribution in [0.5, 0.6) is 0 Å². The second-order valence-corrected chi connectivity index (χ2v) is 7.22. The van der Waals surface area contributed by atoms with Gasteiger partial charge in [0.1, 0.15) is 6.10 Å². The van der Waals surface area contributed by atoms with E-state index in [1.165, 1.54) is 0 Å². The van der Waals surface area contributed by atoms with Gasteiger partial charge in [-0.2, -0.15) is 0 Å². The zero-order valence-corrected chi connectivity index (χ0v) is 15.6. The lowest BCUT2D eigenvalue weighted by Gasteiger charge is -2.35. The summed E-state index contributed by atoms with van der Waals surface area (Å²) in [6, 6.07) is 20.0. The Morgan fingerprint density at radius 3 is 2.31 bits per heavy atom. The van der Waals surface area contributed by atoms with Crippen LogP contribution in [-0.2, 0) is 9.53 Å². The molecule has 1 heterocycles. The first-order valence-corrected chi connectivity index (χ1v) is 9.07. The normalized spacial score (nSPS) is 23.2. The summed E-state index contributed by atoms with van der Waals surface area (Å²) in [6.07, 6.45) is 4.21. The molecule has 0 spiro atoms. The summed E-state index contributed by atoms with van der Waals surface area (Å²) < 4.78 is 5.83. The van der Waals surface area contributed by atoms with E-state index >= 15 is 0 Å². The molecule has 0 bridgehead atoms. The van der Waals surface area contributed by atoms with E-state index in [1.807, 2.05) is 93.6 Å². The third-order valence-electron chi connectivity index (χ3n) is 4.61. The third-order valence-corrected chi connectivity index (χ3v) is 4.61. The molecule has 0 N–H and O–H groups in total. The molecule has 0 saturated heterocycles. The van der Waals surface area contributed by atoms with Crippen molar-refractivity contribution in [2.75, 3.05) is 0 Å². The van der Waals surface area contributed by atoms with E-state index in [1.54, 1.807) is 0 Å². The largest absolute Gasteiger partial charge is 0.454 e. The van der Waals surface area contributed by atoms with Gasteiger partial charge in [-0.15, -0.1) is 0 Å². The average molecular weight is 347 g/mol. The topological polar surface area (TPSA) is 38.7 Å². The van der Waals surface area contributed by atoms with Crippen LogP contribution in [0.4, 0.5) is 0 Å². The summed E-state index contributed by atoms with van der Waals surface area (Å²) in [5.74, 6) is -0.0871. The molecule has 3 nitrogen and oxygen atoms in total. The van der Waals surface area contributed by atoms with Crippen molar-refractivity contribution in [2.45, 2.75) is 38.8 Å². The predicted octanol–water partition coefficient (Wildman–Crippen LogP) is 4.92. The number of hydrogen-bond donors (Lipinski definition) is 0. The molecule has 3 heteroatoms. The minimum atomic E-state index is -0.901. The van der Waals surface area contributed by atoms with Crippen LogP contribution in [-0.4, -0.2) is 23.3 Å². The molecular formula is C23H25NO2. The molecule has 2 aromatic rings. The number of carbonyl (C=O) groups excluding carboxylic acids is 1. The van der Waals surface area contributed by atoms with Gasteiger partial charge in [0.05, 0.1) is 5.71 Å². The molecule has 2 atom stereocenters. The fraction of sp³-hybridized carbons (Fsp3) is 0.304. The maximum atomic E-state index is 12.7. The summed E-state index contributed by atoms with van der Waals surface area (Å²) in [7, 11) is 0. The lowest BCUT2D eigenvalue weighted by molar-refractivity contribution is -0.155. The highest BCUT2D eigenvalue weighted by Crippen LogP contribution is 2.30. The van der Waals surface area contributed by atoms with Gasteiger partial charge < -0.3 is 4.74 Å². The molecular weight excluding hydrogens is 322 g/mol. The highest BCUT2D eigenvalue weighted by molar-refractivity contribution is 6.08. The van der Waals surface area contributed by atoms with Gasteiger partial charge in [0.2, 0.25) is 0 Å². The van der Waals surface area contributed by atoms with Gasteiger partial charge in [0.15, 0.2) is 5.54 Å². The van der Waals surface area contributed by atoms with Crippen molar-refractivity contribution in [2.24, 2.45) is 10.9 Å². The highest BCUT2D eigenvalue weighted by Gasteiger charge is 2.42. The molecule has 0 unspecified atom stereocenters. The smallest absolute Gasteiger partial charge is 0.334 e. The number of carbonyl (C=O) groups is 1. The van der Waals surface area contributed by atoms with Crippen molar-refractivity contribution in [3.8, 4) is 0 Å². The van der Waals surface area contributed by atoms with Crippen LogP contribution in [0.25, 0.3) is 6.08 Å². The van der Waals surface area contributed by atoms with Crippen molar-refractivity contribution >= 4 is 17.8 Å². The first kappa shape index (κ1) is 18.1. The Hall–Kier alpha value is -2.68. The van der Waals surface area contributed by atoms with E-state index in [9.17, 15) is 4.79 Å². The van der Waals surface area contributed by atoms with E-state index in [0.717, 1.165) is 16.8 Å². The minimum absolute atomic E-state index is 0.169. The number of rotatable bonds is 5. The van der Waals surface area contributed by atoms with E-state index in [2.05, 4.69) is 0 Å². The third kappa shape index (κ3) is 3.93. The quantitative estimate of drug-likeness (QED) is 0.720. The zero-order valence-electron chi connectivity index (χ0n) is 15.6. The van der Waals surface area contributed by atoms with E-state index in [-0.39, 0.29) is 18.0 Å². The number of nitrogens with zero attached hydrogens (tertiary/aromatic N) is 1. The van der Waals surface area contributed by atoms with Crippen molar-refractivity contribution in [1.29, 1.82) is 0 Å². The van der Waals surface area contributed by atoms with Gasteiger partial charge in [-0.05, 0) is 24.0 Å². The molecule has 0 aliphatic carbocycles. The summed E-state index contributed by atoms with van der Waals surface area (Å²) in [5, 5.41) is 0. The Morgan fingerprint density at radius 2 is 1.69 bits per heavy atom. The number of benzene rings is 2. The van der Waals surface area contributed by atoms with Crippen LogP contribution in [0.15, 0.2) is 71.7 Å². The Bertz CT molecular complexity index is 809. The van der Waals surface area contributed by atoms with Crippen LogP contribution in [0.3, 0.4) is 0 Å². The maximum Gasteiger partial charge on any atom is 0.334 e. The van der Waals surface area contributed by atoms with Gasteiger partial charge in [-0.3, -0.25) is 4.99 Å². The summed E-state index contributed by atoms with van der Waals surface area (Å²) >= 11 is 0. The van der Waals surface area contributed by atoms with Crippen LogP contribution in [0.1, 0.15) is 38.3 Å². The summed E-state index contributed by atoms with van der Waals surface area (Å²) in [6.45, 7) is 5.95. The molecule has 0 amide bonds. The molecule has 0 saturated carbocycles. The van der Waals surface area contributed by atoms with Crippen molar-refractivity contribution in [3.05, 3.63) is 77.9 Å². The van der Waals surface area contributed by atoms with Crippen LogP contribution in [0, 0.1) is 5.92 Å². The van der Waals surface area contributed by atoms with Gasteiger partial charge >= 0.3 is 5.97 Å². The van der Waals surface area contributed by atoms with Crippen LogP contribution < -0.4 is 0 Å². The molecule has 0 radical (unpaired) electrons. The monoisotopic (exact) mass is 347 g/mol. The fourth-order valence-electron chi connectivity index (χ4n) is 3.08. The lowest BCUT2D eigenvalue weighted by Crippen LogP contribution is -2.48. The average Bonchev–Trinajstić information content (AvgIpc) is 2.65. The number of hydrogen-bond acceptors (Lipinski definition) is 3. The lowest BCUT2D eigenvalue weighted by atomic mass is 9.90. The summed E-state index contributed by atoms with van der Waals surface area (Å²) in [4.78, 5) is 17.6. The zero-order chi connectivity index (χ0) is 18.6. The minimum Gasteiger partial charge on any atom is -0.454 e.